The lowest BCUT2D eigenvalue weighted by Crippen LogP contribution is -2.36. The molecular formula is C8H12N4O2S2. The Morgan fingerprint density at radius 2 is 2.25 bits per heavy atom. The molecule has 1 aliphatic heterocycles. The molecule has 0 unspecified atom stereocenters. The van der Waals surface area contributed by atoms with Crippen LogP contribution in [0.4, 0.5) is 5.13 Å². The molecule has 0 aromatic carbocycles. The SMILES string of the molecule is NC(=O)CSc1nnc(N2CCOCC2)s1. The number of amides is 1. The van der Waals surface area contributed by atoms with Crippen molar-refractivity contribution in [3.8, 4) is 0 Å². The summed E-state index contributed by atoms with van der Waals surface area (Å²) in [4.78, 5) is 12.7. The van der Waals surface area contributed by atoms with Crippen molar-refractivity contribution >= 4 is 34.1 Å². The van der Waals surface area contributed by atoms with Crippen molar-refractivity contribution < 1.29 is 9.53 Å². The zero-order chi connectivity index (χ0) is 11.4. The molecule has 0 radical (unpaired) electrons. The first-order valence-corrected chi connectivity index (χ1v) is 6.63. The van der Waals surface area contributed by atoms with Crippen LogP contribution in [0.3, 0.4) is 0 Å². The number of hydrogen-bond donors (Lipinski definition) is 1. The highest BCUT2D eigenvalue weighted by Crippen LogP contribution is 2.28. The summed E-state index contributed by atoms with van der Waals surface area (Å²) in [5.74, 6) is -0.0919. The second kappa shape index (κ2) is 5.46. The van der Waals surface area contributed by atoms with Crippen LogP contribution in [0.15, 0.2) is 4.34 Å². The van der Waals surface area contributed by atoms with Gasteiger partial charge in [0, 0.05) is 13.1 Å². The average molecular weight is 260 g/mol. The topological polar surface area (TPSA) is 81.3 Å². The van der Waals surface area contributed by atoms with Crippen molar-refractivity contribution in [2.24, 2.45) is 5.73 Å². The van der Waals surface area contributed by atoms with E-state index in [4.69, 9.17) is 10.5 Å². The minimum Gasteiger partial charge on any atom is -0.378 e. The molecule has 6 nitrogen and oxygen atoms in total. The molecule has 0 spiro atoms. The van der Waals surface area contributed by atoms with Gasteiger partial charge in [-0.3, -0.25) is 4.79 Å². The number of primary amides is 1. The second-order valence-electron chi connectivity index (χ2n) is 3.20. The summed E-state index contributed by atoms with van der Waals surface area (Å²) in [5.41, 5.74) is 5.06. The molecule has 16 heavy (non-hydrogen) atoms. The van der Waals surface area contributed by atoms with Gasteiger partial charge in [0.1, 0.15) is 0 Å². The van der Waals surface area contributed by atoms with E-state index in [9.17, 15) is 4.79 Å². The molecule has 0 bridgehead atoms. The van der Waals surface area contributed by atoms with Gasteiger partial charge in [-0.2, -0.15) is 0 Å². The molecule has 1 aromatic heterocycles. The normalized spacial score (nSPS) is 16.4. The number of carbonyl (C=O) groups excluding carboxylic acids is 1. The van der Waals surface area contributed by atoms with E-state index < -0.39 is 0 Å². The van der Waals surface area contributed by atoms with Crippen LogP contribution in [0, 0.1) is 0 Å². The van der Waals surface area contributed by atoms with E-state index in [1.807, 2.05) is 0 Å². The maximum Gasteiger partial charge on any atom is 0.227 e. The number of rotatable bonds is 4. The van der Waals surface area contributed by atoms with E-state index in [-0.39, 0.29) is 11.7 Å². The monoisotopic (exact) mass is 260 g/mol. The molecule has 8 heteroatoms. The van der Waals surface area contributed by atoms with E-state index in [1.54, 1.807) is 0 Å². The largest absolute Gasteiger partial charge is 0.378 e. The highest BCUT2D eigenvalue weighted by Gasteiger charge is 2.16. The number of nitrogens with two attached hydrogens (primary N) is 1. The lowest BCUT2D eigenvalue weighted by molar-refractivity contribution is -0.115. The zero-order valence-corrected chi connectivity index (χ0v) is 10.2. The Labute approximate surface area is 101 Å². The number of aromatic nitrogens is 2. The van der Waals surface area contributed by atoms with Gasteiger partial charge >= 0.3 is 0 Å². The van der Waals surface area contributed by atoms with Crippen LogP contribution < -0.4 is 10.6 Å². The van der Waals surface area contributed by atoms with Gasteiger partial charge in [-0.15, -0.1) is 10.2 Å². The van der Waals surface area contributed by atoms with E-state index in [0.717, 1.165) is 35.8 Å². The van der Waals surface area contributed by atoms with E-state index in [0.29, 0.717) is 0 Å². The van der Waals surface area contributed by atoms with Crippen molar-refractivity contribution in [1.29, 1.82) is 0 Å². The number of anilines is 1. The van der Waals surface area contributed by atoms with E-state index >= 15 is 0 Å². The number of ether oxygens (including phenoxy) is 1. The first kappa shape index (κ1) is 11.6. The summed E-state index contributed by atoms with van der Waals surface area (Å²) < 4.78 is 6.03. The van der Waals surface area contributed by atoms with Crippen LogP contribution in [0.1, 0.15) is 0 Å². The molecule has 1 saturated heterocycles. The molecule has 1 aromatic rings. The quantitative estimate of drug-likeness (QED) is 0.765. The minimum absolute atomic E-state index is 0.248. The summed E-state index contributed by atoms with van der Waals surface area (Å²) in [7, 11) is 0. The molecule has 0 aliphatic carbocycles. The van der Waals surface area contributed by atoms with Crippen LogP contribution in [-0.4, -0.2) is 48.2 Å². The average Bonchev–Trinajstić information content (AvgIpc) is 2.76. The summed E-state index contributed by atoms with van der Waals surface area (Å²) in [6.07, 6.45) is 0. The smallest absolute Gasteiger partial charge is 0.227 e. The lowest BCUT2D eigenvalue weighted by Gasteiger charge is -2.25. The predicted octanol–water partition coefficient (Wildman–Crippen LogP) is -0.0479. The van der Waals surface area contributed by atoms with Crippen LogP contribution in [0.5, 0.6) is 0 Å². The Morgan fingerprint density at radius 3 is 2.94 bits per heavy atom. The molecule has 88 valence electrons. The maximum absolute atomic E-state index is 10.6. The van der Waals surface area contributed by atoms with E-state index in [1.165, 1.54) is 23.1 Å². The third-order valence-corrected chi connectivity index (χ3v) is 4.16. The van der Waals surface area contributed by atoms with Gasteiger partial charge in [0.25, 0.3) is 0 Å². The lowest BCUT2D eigenvalue weighted by atomic mass is 10.5. The molecule has 2 rings (SSSR count). The molecule has 1 fully saturated rings. The number of thioether (sulfide) groups is 1. The van der Waals surface area contributed by atoms with Crippen LogP contribution in [0.25, 0.3) is 0 Å². The fourth-order valence-electron chi connectivity index (χ4n) is 1.28. The van der Waals surface area contributed by atoms with Crippen LogP contribution in [-0.2, 0) is 9.53 Å². The van der Waals surface area contributed by atoms with Gasteiger partial charge in [-0.05, 0) is 0 Å². The Morgan fingerprint density at radius 1 is 1.50 bits per heavy atom. The Hall–Kier alpha value is -0.860. The molecule has 0 saturated carbocycles. The van der Waals surface area contributed by atoms with Crippen molar-refractivity contribution in [1.82, 2.24) is 10.2 Å². The Kier molecular flexibility index (Phi) is 3.97. The van der Waals surface area contributed by atoms with Crippen LogP contribution >= 0.6 is 23.1 Å². The third-order valence-electron chi connectivity index (χ3n) is 2.02. The summed E-state index contributed by atoms with van der Waals surface area (Å²) in [6.45, 7) is 3.14. The highest BCUT2D eigenvalue weighted by atomic mass is 32.2. The molecule has 2 N–H and O–H groups in total. The third kappa shape index (κ3) is 3.06. The molecule has 1 aliphatic rings. The molecule has 0 atom stereocenters. The molecule has 2 heterocycles. The number of nitrogens with zero attached hydrogens (tertiary/aromatic N) is 3. The van der Waals surface area contributed by atoms with Gasteiger partial charge in [0.2, 0.25) is 11.0 Å². The maximum atomic E-state index is 10.6. The summed E-state index contributed by atoms with van der Waals surface area (Å²) in [6, 6.07) is 0. The minimum atomic E-state index is -0.340. The highest BCUT2D eigenvalue weighted by molar-refractivity contribution is 8.01. The van der Waals surface area contributed by atoms with Gasteiger partial charge in [-0.25, -0.2) is 0 Å². The van der Waals surface area contributed by atoms with Crippen molar-refractivity contribution in [2.75, 3.05) is 37.0 Å². The first-order valence-electron chi connectivity index (χ1n) is 4.83. The van der Waals surface area contributed by atoms with Crippen molar-refractivity contribution in [3.63, 3.8) is 0 Å². The molecular weight excluding hydrogens is 248 g/mol. The fraction of sp³-hybridized carbons (Fsp3) is 0.625. The molecule has 1 amide bonds. The van der Waals surface area contributed by atoms with Gasteiger partial charge < -0.3 is 15.4 Å². The number of hydrogen-bond acceptors (Lipinski definition) is 7. The van der Waals surface area contributed by atoms with E-state index in [2.05, 4.69) is 15.1 Å². The first-order chi connectivity index (χ1) is 7.75. The zero-order valence-electron chi connectivity index (χ0n) is 8.59. The summed E-state index contributed by atoms with van der Waals surface area (Å²) >= 11 is 2.81. The van der Waals surface area contributed by atoms with Gasteiger partial charge in [0.15, 0.2) is 4.34 Å². The number of carbonyl (C=O) groups is 1. The van der Waals surface area contributed by atoms with Gasteiger partial charge in [0.05, 0.1) is 19.0 Å². The second-order valence-corrected chi connectivity index (χ2v) is 5.38. The van der Waals surface area contributed by atoms with Crippen molar-refractivity contribution in [3.05, 3.63) is 0 Å². The predicted molar refractivity (Wildman–Crippen MR) is 62.9 cm³/mol. The van der Waals surface area contributed by atoms with Crippen molar-refractivity contribution in [2.45, 2.75) is 4.34 Å². The number of morpholine rings is 1. The fourth-order valence-corrected chi connectivity index (χ4v) is 2.91. The van der Waals surface area contributed by atoms with Crippen LogP contribution in [0.2, 0.25) is 0 Å². The van der Waals surface area contributed by atoms with Gasteiger partial charge in [-0.1, -0.05) is 23.1 Å². The Bertz CT molecular complexity index is 365. The Balaban J connectivity index is 1.93. The summed E-state index contributed by atoms with van der Waals surface area (Å²) in [5, 5.41) is 8.97. The standard InChI is InChI=1S/C8H12N4O2S2/c9-6(13)5-15-8-11-10-7(16-8)12-1-3-14-4-2-12/h1-5H2,(H2,9,13).